The summed E-state index contributed by atoms with van der Waals surface area (Å²) < 4.78 is 5.98. The van der Waals surface area contributed by atoms with E-state index in [0.29, 0.717) is 6.42 Å². The van der Waals surface area contributed by atoms with Crippen molar-refractivity contribution in [3.63, 3.8) is 0 Å². The van der Waals surface area contributed by atoms with Gasteiger partial charge in [-0.2, -0.15) is 0 Å². The van der Waals surface area contributed by atoms with Gasteiger partial charge in [-0.1, -0.05) is 0 Å². The predicted molar refractivity (Wildman–Crippen MR) is 60.9 cm³/mol. The zero-order chi connectivity index (χ0) is 12.4. The number of rotatable bonds is 2. The summed E-state index contributed by atoms with van der Waals surface area (Å²) in [6, 6.07) is 2.83. The minimum Gasteiger partial charge on any atom is -0.465 e. The van der Waals surface area contributed by atoms with Gasteiger partial charge in [0.25, 0.3) is 5.56 Å². The third kappa shape index (κ3) is 2.10. The molecule has 0 amide bonds. The number of aliphatic hydroxyl groups excluding tert-OH is 1. The lowest BCUT2D eigenvalue weighted by molar-refractivity contribution is 0.0596. The summed E-state index contributed by atoms with van der Waals surface area (Å²) in [5, 5.41) is 9.78. The fourth-order valence-electron chi connectivity index (χ4n) is 2.28. The van der Waals surface area contributed by atoms with E-state index < -0.39 is 17.6 Å². The molecule has 0 unspecified atom stereocenters. The van der Waals surface area contributed by atoms with Crippen LogP contribution in [0.3, 0.4) is 0 Å². The SMILES string of the molecule is COC(=O)c1cccn([C@@H]2CCC[C@@H]2O)c1=O. The Morgan fingerprint density at radius 2 is 2.29 bits per heavy atom. The molecule has 17 heavy (non-hydrogen) atoms. The van der Waals surface area contributed by atoms with E-state index in [-0.39, 0.29) is 11.6 Å². The van der Waals surface area contributed by atoms with E-state index in [1.54, 1.807) is 12.3 Å². The molecular weight excluding hydrogens is 222 g/mol. The lowest BCUT2D eigenvalue weighted by Crippen LogP contribution is -2.32. The summed E-state index contributed by atoms with van der Waals surface area (Å²) in [6.07, 6.45) is 3.43. The molecule has 0 bridgehead atoms. The standard InChI is InChI=1S/C12H15NO4/c1-17-12(16)8-4-3-7-13(11(8)15)9-5-2-6-10(9)14/h3-4,7,9-10,14H,2,5-6H2,1H3/t9-,10+/m1/s1. The highest BCUT2D eigenvalue weighted by Crippen LogP contribution is 2.28. The largest absolute Gasteiger partial charge is 0.465 e. The third-order valence-electron chi connectivity index (χ3n) is 3.18. The van der Waals surface area contributed by atoms with Crippen molar-refractivity contribution in [2.24, 2.45) is 0 Å². The quantitative estimate of drug-likeness (QED) is 0.769. The van der Waals surface area contributed by atoms with Crippen molar-refractivity contribution in [2.45, 2.75) is 31.4 Å². The molecule has 2 rings (SSSR count). The van der Waals surface area contributed by atoms with Crippen molar-refractivity contribution in [2.75, 3.05) is 7.11 Å². The first kappa shape index (κ1) is 11.9. The van der Waals surface area contributed by atoms with Crippen molar-refractivity contribution in [3.05, 3.63) is 34.2 Å². The highest BCUT2D eigenvalue weighted by Gasteiger charge is 2.28. The molecule has 2 atom stereocenters. The molecule has 1 heterocycles. The minimum absolute atomic E-state index is 0.00843. The van der Waals surface area contributed by atoms with Crippen LogP contribution < -0.4 is 5.56 Å². The van der Waals surface area contributed by atoms with Gasteiger partial charge >= 0.3 is 5.97 Å². The fourth-order valence-corrected chi connectivity index (χ4v) is 2.28. The zero-order valence-corrected chi connectivity index (χ0v) is 9.63. The smallest absolute Gasteiger partial charge is 0.343 e. The average molecular weight is 237 g/mol. The first-order chi connectivity index (χ1) is 8.15. The number of nitrogens with zero attached hydrogens (tertiary/aromatic N) is 1. The number of pyridine rings is 1. The van der Waals surface area contributed by atoms with E-state index >= 15 is 0 Å². The molecule has 1 aliphatic carbocycles. The van der Waals surface area contributed by atoms with Crippen molar-refractivity contribution < 1.29 is 14.6 Å². The Hall–Kier alpha value is -1.62. The van der Waals surface area contributed by atoms with Gasteiger partial charge in [0.1, 0.15) is 5.56 Å². The molecule has 1 N–H and O–H groups in total. The summed E-state index contributed by atoms with van der Waals surface area (Å²) >= 11 is 0. The monoisotopic (exact) mass is 237 g/mol. The molecule has 0 aromatic carbocycles. The Morgan fingerprint density at radius 1 is 1.53 bits per heavy atom. The molecule has 1 aromatic rings. The average Bonchev–Trinajstić information content (AvgIpc) is 2.75. The zero-order valence-electron chi connectivity index (χ0n) is 9.63. The first-order valence-electron chi connectivity index (χ1n) is 5.62. The van der Waals surface area contributed by atoms with Gasteiger partial charge < -0.3 is 14.4 Å². The number of aromatic nitrogens is 1. The Balaban J connectivity index is 2.42. The molecule has 0 aliphatic heterocycles. The molecule has 0 spiro atoms. The Kier molecular flexibility index (Phi) is 3.28. The van der Waals surface area contributed by atoms with Crippen LogP contribution in [0.15, 0.2) is 23.1 Å². The van der Waals surface area contributed by atoms with Gasteiger partial charge in [-0.3, -0.25) is 4.79 Å². The number of hydrogen-bond acceptors (Lipinski definition) is 4. The summed E-state index contributed by atoms with van der Waals surface area (Å²) in [6.45, 7) is 0. The molecule has 0 saturated heterocycles. The summed E-state index contributed by atoms with van der Waals surface area (Å²) in [7, 11) is 1.24. The van der Waals surface area contributed by atoms with E-state index in [4.69, 9.17) is 0 Å². The van der Waals surface area contributed by atoms with Gasteiger partial charge in [0, 0.05) is 6.20 Å². The van der Waals surface area contributed by atoms with Crippen LogP contribution in [0.25, 0.3) is 0 Å². The lowest BCUT2D eigenvalue weighted by Gasteiger charge is -2.18. The van der Waals surface area contributed by atoms with Crippen molar-refractivity contribution >= 4 is 5.97 Å². The van der Waals surface area contributed by atoms with Crippen molar-refractivity contribution in [1.29, 1.82) is 0 Å². The Bertz CT molecular complexity index is 480. The summed E-state index contributed by atoms with van der Waals surface area (Å²) in [5.41, 5.74) is -0.389. The fraction of sp³-hybridized carbons (Fsp3) is 0.500. The molecule has 1 fully saturated rings. The molecule has 5 nitrogen and oxygen atoms in total. The lowest BCUT2D eigenvalue weighted by atomic mass is 10.2. The number of carbonyl (C=O) groups is 1. The number of hydrogen-bond donors (Lipinski definition) is 1. The Labute approximate surface area is 98.6 Å². The van der Waals surface area contributed by atoms with E-state index in [0.717, 1.165) is 12.8 Å². The van der Waals surface area contributed by atoms with Gasteiger partial charge in [0.2, 0.25) is 0 Å². The molecule has 1 aromatic heterocycles. The number of aliphatic hydroxyl groups is 1. The maximum Gasteiger partial charge on any atom is 0.343 e. The second-order valence-corrected chi connectivity index (χ2v) is 4.19. The van der Waals surface area contributed by atoms with Crippen LogP contribution >= 0.6 is 0 Å². The molecule has 0 radical (unpaired) electrons. The second-order valence-electron chi connectivity index (χ2n) is 4.19. The maximum absolute atomic E-state index is 12.1. The van der Waals surface area contributed by atoms with Gasteiger partial charge in [0.15, 0.2) is 0 Å². The topological polar surface area (TPSA) is 68.5 Å². The van der Waals surface area contributed by atoms with E-state index in [2.05, 4.69) is 4.74 Å². The van der Waals surface area contributed by atoms with E-state index in [1.807, 2.05) is 0 Å². The molecule has 5 heteroatoms. The first-order valence-corrected chi connectivity index (χ1v) is 5.62. The molecular formula is C12H15NO4. The molecule has 1 aliphatic rings. The van der Waals surface area contributed by atoms with Crippen LogP contribution in [0.5, 0.6) is 0 Å². The van der Waals surface area contributed by atoms with Gasteiger partial charge in [-0.25, -0.2) is 4.79 Å². The minimum atomic E-state index is -0.642. The van der Waals surface area contributed by atoms with Crippen molar-refractivity contribution in [3.8, 4) is 0 Å². The molecule has 92 valence electrons. The van der Waals surface area contributed by atoms with Crippen LogP contribution in [-0.4, -0.2) is 28.9 Å². The van der Waals surface area contributed by atoms with Crippen LogP contribution in [0, 0.1) is 0 Å². The number of esters is 1. The summed E-state index contributed by atoms with van der Waals surface area (Å²) in [4.78, 5) is 23.4. The van der Waals surface area contributed by atoms with E-state index in [1.165, 1.54) is 17.7 Å². The van der Waals surface area contributed by atoms with Crippen molar-refractivity contribution in [1.82, 2.24) is 4.57 Å². The Morgan fingerprint density at radius 3 is 2.88 bits per heavy atom. The number of methoxy groups -OCH3 is 1. The highest BCUT2D eigenvalue weighted by atomic mass is 16.5. The normalized spacial score (nSPS) is 23.6. The van der Waals surface area contributed by atoms with Crippen LogP contribution in [-0.2, 0) is 4.74 Å². The van der Waals surface area contributed by atoms with Gasteiger partial charge in [-0.05, 0) is 31.4 Å². The predicted octanol–water partition coefficient (Wildman–Crippen LogP) is 0.721. The van der Waals surface area contributed by atoms with E-state index in [9.17, 15) is 14.7 Å². The maximum atomic E-state index is 12.1. The van der Waals surface area contributed by atoms with Gasteiger partial charge in [0.05, 0.1) is 19.3 Å². The third-order valence-corrected chi connectivity index (χ3v) is 3.18. The number of carbonyl (C=O) groups excluding carboxylic acids is 1. The van der Waals surface area contributed by atoms with Crippen LogP contribution in [0.1, 0.15) is 35.7 Å². The second kappa shape index (κ2) is 4.71. The van der Waals surface area contributed by atoms with Crippen LogP contribution in [0.2, 0.25) is 0 Å². The van der Waals surface area contributed by atoms with Crippen LogP contribution in [0.4, 0.5) is 0 Å². The number of ether oxygens (including phenoxy) is 1. The highest BCUT2D eigenvalue weighted by molar-refractivity contribution is 5.88. The molecule has 1 saturated carbocycles. The van der Waals surface area contributed by atoms with Gasteiger partial charge in [-0.15, -0.1) is 0 Å². The summed E-state index contributed by atoms with van der Waals surface area (Å²) in [5.74, 6) is -0.642.